The van der Waals surface area contributed by atoms with Gasteiger partial charge in [-0.1, -0.05) is 30.3 Å². The van der Waals surface area contributed by atoms with E-state index in [2.05, 4.69) is 0 Å². The fourth-order valence-corrected chi connectivity index (χ4v) is 1.43. The van der Waals surface area contributed by atoms with Crippen molar-refractivity contribution in [1.29, 1.82) is 0 Å². The first-order valence-corrected chi connectivity index (χ1v) is 5.05. The van der Waals surface area contributed by atoms with Gasteiger partial charge in [0.05, 0.1) is 6.26 Å². The largest absolute Gasteiger partial charge is 0.461 e. The molecule has 2 rings (SSSR count). The molecule has 1 aromatic heterocycles. The Balaban J connectivity index is 2.19. The normalized spacial score (nSPS) is 12.1. The predicted octanol–water partition coefficient (Wildman–Crippen LogP) is 1.71. The van der Waals surface area contributed by atoms with Crippen LogP contribution >= 0.6 is 0 Å². The number of carbonyl (C=O) groups is 2. The highest BCUT2D eigenvalue weighted by atomic mass is 16.3. The first kappa shape index (κ1) is 11.3. The molecule has 1 aromatic carbocycles. The summed E-state index contributed by atoms with van der Waals surface area (Å²) in [6.07, 6.45) is -0.406. The highest BCUT2D eigenvalue weighted by Gasteiger charge is 2.27. The van der Waals surface area contributed by atoms with Gasteiger partial charge in [-0.05, 0) is 12.1 Å². The number of carbonyl (C=O) groups excluding carboxylic acids is 2. The SMILES string of the molecule is O=C(c1ccccc1)C(O)C(=O)c1ccco1. The zero-order valence-corrected chi connectivity index (χ0v) is 8.87. The van der Waals surface area contributed by atoms with Gasteiger partial charge in [0.25, 0.3) is 0 Å². The molecule has 4 nitrogen and oxygen atoms in total. The second-order valence-corrected chi connectivity index (χ2v) is 3.47. The molecular formula is C13H10O4. The molecule has 86 valence electrons. The fourth-order valence-electron chi connectivity index (χ4n) is 1.43. The third-order valence-electron chi connectivity index (χ3n) is 2.32. The van der Waals surface area contributed by atoms with Crippen LogP contribution in [0.15, 0.2) is 53.1 Å². The summed E-state index contributed by atoms with van der Waals surface area (Å²) in [6, 6.07) is 11.1. The van der Waals surface area contributed by atoms with Gasteiger partial charge in [0.1, 0.15) is 0 Å². The number of aliphatic hydroxyl groups is 1. The van der Waals surface area contributed by atoms with E-state index in [-0.39, 0.29) is 5.76 Å². The molecule has 0 aliphatic heterocycles. The standard InChI is InChI=1S/C13H10O4/c14-11(9-5-2-1-3-6-9)13(16)12(15)10-7-4-8-17-10/h1-8,13,16H. The topological polar surface area (TPSA) is 67.5 Å². The van der Waals surface area contributed by atoms with Crippen LogP contribution in [0.1, 0.15) is 20.9 Å². The number of hydrogen-bond donors (Lipinski definition) is 1. The molecule has 1 unspecified atom stereocenters. The van der Waals surface area contributed by atoms with Crippen molar-refractivity contribution in [2.24, 2.45) is 0 Å². The molecule has 0 saturated heterocycles. The third kappa shape index (κ3) is 2.32. The van der Waals surface area contributed by atoms with Crippen LogP contribution in [0.4, 0.5) is 0 Å². The minimum Gasteiger partial charge on any atom is -0.461 e. The summed E-state index contributed by atoms with van der Waals surface area (Å²) in [6.45, 7) is 0. The molecular weight excluding hydrogens is 220 g/mol. The summed E-state index contributed by atoms with van der Waals surface area (Å²) < 4.78 is 4.84. The van der Waals surface area contributed by atoms with Crippen molar-refractivity contribution in [3.8, 4) is 0 Å². The van der Waals surface area contributed by atoms with Crippen LogP contribution < -0.4 is 0 Å². The Morgan fingerprint density at radius 2 is 1.71 bits per heavy atom. The smallest absolute Gasteiger partial charge is 0.234 e. The van der Waals surface area contributed by atoms with Crippen LogP contribution in [0, 0.1) is 0 Å². The fraction of sp³-hybridized carbons (Fsp3) is 0.0769. The van der Waals surface area contributed by atoms with Gasteiger partial charge >= 0.3 is 0 Å². The van der Waals surface area contributed by atoms with Gasteiger partial charge in [0.2, 0.25) is 5.78 Å². The Labute approximate surface area is 97.5 Å². The highest BCUT2D eigenvalue weighted by Crippen LogP contribution is 2.10. The average molecular weight is 230 g/mol. The molecule has 1 N–H and O–H groups in total. The van der Waals surface area contributed by atoms with E-state index in [1.54, 1.807) is 30.3 Å². The lowest BCUT2D eigenvalue weighted by atomic mass is 10.0. The zero-order valence-electron chi connectivity index (χ0n) is 8.87. The first-order valence-electron chi connectivity index (χ1n) is 5.05. The molecule has 1 atom stereocenters. The second kappa shape index (κ2) is 4.76. The van der Waals surface area contributed by atoms with Crippen molar-refractivity contribution in [3.63, 3.8) is 0 Å². The lowest BCUT2D eigenvalue weighted by Crippen LogP contribution is -2.29. The van der Waals surface area contributed by atoms with Crippen LogP contribution in [-0.4, -0.2) is 22.8 Å². The van der Waals surface area contributed by atoms with E-state index in [0.717, 1.165) is 0 Å². The lowest BCUT2D eigenvalue weighted by molar-refractivity contribution is 0.0610. The Kier molecular flexibility index (Phi) is 3.16. The number of hydrogen-bond acceptors (Lipinski definition) is 4. The van der Waals surface area contributed by atoms with Gasteiger partial charge in [-0.2, -0.15) is 0 Å². The van der Waals surface area contributed by atoms with E-state index >= 15 is 0 Å². The van der Waals surface area contributed by atoms with Crippen LogP contribution in [0.2, 0.25) is 0 Å². The molecule has 0 fully saturated rings. The number of benzene rings is 1. The van der Waals surface area contributed by atoms with Crippen molar-refractivity contribution in [1.82, 2.24) is 0 Å². The van der Waals surface area contributed by atoms with Crippen LogP contribution in [0.25, 0.3) is 0 Å². The van der Waals surface area contributed by atoms with Gasteiger partial charge in [-0.3, -0.25) is 9.59 Å². The van der Waals surface area contributed by atoms with Crippen molar-refractivity contribution in [2.75, 3.05) is 0 Å². The number of ketones is 2. The van der Waals surface area contributed by atoms with Crippen molar-refractivity contribution in [3.05, 3.63) is 60.1 Å². The van der Waals surface area contributed by atoms with Crippen LogP contribution in [-0.2, 0) is 0 Å². The number of aliphatic hydroxyl groups excluding tert-OH is 1. The van der Waals surface area contributed by atoms with E-state index in [1.807, 2.05) is 0 Å². The molecule has 2 aromatic rings. The van der Waals surface area contributed by atoms with E-state index in [4.69, 9.17) is 4.42 Å². The quantitative estimate of drug-likeness (QED) is 0.641. The highest BCUT2D eigenvalue weighted by molar-refractivity contribution is 6.17. The summed E-state index contributed by atoms with van der Waals surface area (Å²) >= 11 is 0. The monoisotopic (exact) mass is 230 g/mol. The summed E-state index contributed by atoms with van der Waals surface area (Å²) in [5.74, 6) is -1.39. The second-order valence-electron chi connectivity index (χ2n) is 3.47. The molecule has 0 amide bonds. The Morgan fingerprint density at radius 3 is 2.29 bits per heavy atom. The minimum absolute atomic E-state index is 0.0261. The van der Waals surface area contributed by atoms with Gasteiger partial charge < -0.3 is 9.52 Å². The van der Waals surface area contributed by atoms with Crippen LogP contribution in [0.3, 0.4) is 0 Å². The van der Waals surface area contributed by atoms with Gasteiger partial charge in [-0.25, -0.2) is 0 Å². The van der Waals surface area contributed by atoms with Gasteiger partial charge in [-0.15, -0.1) is 0 Å². The minimum atomic E-state index is -1.72. The maximum absolute atomic E-state index is 11.8. The molecule has 0 bridgehead atoms. The van der Waals surface area contributed by atoms with Gasteiger partial charge in [0, 0.05) is 5.56 Å². The summed E-state index contributed by atoms with van der Waals surface area (Å²) in [4.78, 5) is 23.4. The number of rotatable bonds is 4. The third-order valence-corrected chi connectivity index (χ3v) is 2.32. The zero-order chi connectivity index (χ0) is 12.3. The summed E-state index contributed by atoms with van der Waals surface area (Å²) in [7, 11) is 0. The van der Waals surface area contributed by atoms with Crippen molar-refractivity contribution in [2.45, 2.75) is 6.10 Å². The lowest BCUT2D eigenvalue weighted by Gasteiger charge is -2.06. The molecule has 0 aliphatic carbocycles. The molecule has 0 aliphatic rings. The van der Waals surface area contributed by atoms with E-state index in [0.29, 0.717) is 5.56 Å². The molecule has 4 heteroatoms. The number of furan rings is 1. The van der Waals surface area contributed by atoms with Crippen molar-refractivity contribution >= 4 is 11.6 Å². The number of Topliss-reactive ketones (excluding diaryl/α,β-unsaturated/α-hetero) is 2. The first-order chi connectivity index (χ1) is 8.20. The Morgan fingerprint density at radius 1 is 1.00 bits per heavy atom. The van der Waals surface area contributed by atoms with Gasteiger partial charge in [0.15, 0.2) is 17.6 Å². The maximum Gasteiger partial charge on any atom is 0.234 e. The predicted molar refractivity (Wildman–Crippen MR) is 59.8 cm³/mol. The molecule has 0 saturated carbocycles. The van der Waals surface area contributed by atoms with Crippen molar-refractivity contribution < 1.29 is 19.1 Å². The van der Waals surface area contributed by atoms with Crippen LogP contribution in [0.5, 0.6) is 0 Å². The molecule has 17 heavy (non-hydrogen) atoms. The maximum atomic E-state index is 11.8. The average Bonchev–Trinajstić information content (AvgIpc) is 2.91. The summed E-state index contributed by atoms with van der Waals surface area (Å²) in [5.41, 5.74) is 0.292. The Hall–Kier alpha value is -2.20. The molecule has 1 heterocycles. The molecule has 0 radical (unpaired) electrons. The summed E-state index contributed by atoms with van der Waals surface area (Å²) in [5, 5.41) is 9.65. The van der Waals surface area contributed by atoms with E-state index < -0.39 is 17.7 Å². The van der Waals surface area contributed by atoms with E-state index in [9.17, 15) is 14.7 Å². The van der Waals surface area contributed by atoms with E-state index in [1.165, 1.54) is 18.4 Å². The molecule has 0 spiro atoms. The Bertz CT molecular complexity index is 514.